The molecule has 2 nitrogen and oxygen atoms in total. The van der Waals surface area contributed by atoms with Crippen molar-refractivity contribution < 1.29 is 13.6 Å². The fourth-order valence-corrected chi connectivity index (χ4v) is 4.05. The summed E-state index contributed by atoms with van der Waals surface area (Å²) in [6, 6.07) is 5.88. The molecule has 2 fully saturated rings. The number of carbonyl (C=O) groups excluding carboxylic acids is 1. The number of hydrogen-bond donors (Lipinski definition) is 0. The van der Waals surface area contributed by atoms with Gasteiger partial charge in [0, 0.05) is 36.4 Å². The molecule has 2 aliphatic rings. The predicted molar refractivity (Wildman–Crippen MR) is 86.9 cm³/mol. The van der Waals surface area contributed by atoms with Crippen LogP contribution < -0.4 is 0 Å². The maximum Gasteiger partial charge on any atom is 0.248 e. The Labute approximate surface area is 140 Å². The Balaban J connectivity index is 1.63. The summed E-state index contributed by atoms with van der Waals surface area (Å²) in [6.45, 7) is 2.67. The van der Waals surface area contributed by atoms with E-state index in [0.29, 0.717) is 30.8 Å². The Kier molecular flexibility index (Phi) is 4.63. The molecule has 0 radical (unpaired) electrons. The Hall–Kier alpha value is -1.16. The van der Waals surface area contributed by atoms with Crippen molar-refractivity contribution in [2.24, 2.45) is 5.92 Å². The van der Waals surface area contributed by atoms with Crippen molar-refractivity contribution in [3.05, 3.63) is 34.3 Å². The minimum atomic E-state index is -2.55. The van der Waals surface area contributed by atoms with Crippen LogP contribution in [0.4, 0.5) is 8.78 Å². The van der Waals surface area contributed by atoms with Gasteiger partial charge in [0.15, 0.2) is 0 Å². The molecule has 3 rings (SSSR count). The zero-order valence-electron chi connectivity index (χ0n) is 13.3. The summed E-state index contributed by atoms with van der Waals surface area (Å²) in [5.74, 6) is -2.51. The second-order valence-corrected chi connectivity index (χ2v) is 7.31. The van der Waals surface area contributed by atoms with Gasteiger partial charge < -0.3 is 4.90 Å². The number of aryl methyl sites for hydroxylation is 1. The van der Waals surface area contributed by atoms with Gasteiger partial charge in [-0.3, -0.25) is 4.79 Å². The summed E-state index contributed by atoms with van der Waals surface area (Å²) in [5, 5.41) is 0.702. The summed E-state index contributed by atoms with van der Waals surface area (Å²) in [7, 11) is 0. The topological polar surface area (TPSA) is 20.3 Å². The van der Waals surface area contributed by atoms with E-state index in [1.54, 1.807) is 0 Å². The molecule has 1 unspecified atom stereocenters. The molecule has 23 heavy (non-hydrogen) atoms. The molecule has 1 aromatic carbocycles. The van der Waals surface area contributed by atoms with E-state index in [1.807, 2.05) is 30.0 Å². The number of benzene rings is 1. The largest absolute Gasteiger partial charge is 0.339 e. The highest BCUT2D eigenvalue weighted by molar-refractivity contribution is 6.31. The third-order valence-corrected chi connectivity index (χ3v) is 5.50. The number of halogens is 3. The van der Waals surface area contributed by atoms with Crippen LogP contribution in [0.3, 0.4) is 0 Å². The van der Waals surface area contributed by atoms with Gasteiger partial charge in [-0.1, -0.05) is 23.7 Å². The molecule has 1 aliphatic carbocycles. The molecule has 126 valence electrons. The molecular weight excluding hydrogens is 320 g/mol. The summed E-state index contributed by atoms with van der Waals surface area (Å²) >= 11 is 6.26. The lowest BCUT2D eigenvalue weighted by Crippen LogP contribution is -2.42. The van der Waals surface area contributed by atoms with Gasteiger partial charge >= 0.3 is 0 Å². The first kappa shape index (κ1) is 16.7. The zero-order chi connectivity index (χ0) is 16.6. The van der Waals surface area contributed by atoms with Gasteiger partial charge in [0.25, 0.3) is 0 Å². The van der Waals surface area contributed by atoms with Crippen LogP contribution in [0.2, 0.25) is 5.02 Å². The summed E-state index contributed by atoms with van der Waals surface area (Å²) in [4.78, 5) is 14.5. The Morgan fingerprint density at radius 2 is 1.96 bits per heavy atom. The maximum atomic E-state index is 13.3. The number of carbonyl (C=O) groups is 1. The monoisotopic (exact) mass is 341 g/mol. The third-order valence-electron chi connectivity index (χ3n) is 5.15. The summed E-state index contributed by atoms with van der Waals surface area (Å²) < 4.78 is 26.6. The van der Waals surface area contributed by atoms with E-state index in [0.717, 1.165) is 17.5 Å². The number of nitrogens with zero attached hydrogens (tertiary/aromatic N) is 1. The van der Waals surface area contributed by atoms with Crippen molar-refractivity contribution in [3.8, 4) is 0 Å². The SMILES string of the molecule is Cc1ccc(CC2CCN(C3CCC(F)(F)CC3)C2=O)c(Cl)c1. The first-order valence-electron chi connectivity index (χ1n) is 8.29. The standard InChI is InChI=1S/C18H22ClF2NO/c1-12-2-3-13(16(19)10-12)11-14-6-9-22(17(14)23)15-4-7-18(20,21)8-5-15/h2-3,10,14-15H,4-9,11H2,1H3. The van der Waals surface area contributed by atoms with Gasteiger partial charge in [-0.05, 0) is 49.8 Å². The van der Waals surface area contributed by atoms with E-state index in [-0.39, 0.29) is 30.7 Å². The third kappa shape index (κ3) is 3.68. The highest BCUT2D eigenvalue weighted by atomic mass is 35.5. The first-order chi connectivity index (χ1) is 10.9. The molecule has 0 N–H and O–H groups in total. The van der Waals surface area contributed by atoms with Crippen molar-refractivity contribution in [1.82, 2.24) is 4.90 Å². The maximum absolute atomic E-state index is 13.3. The van der Waals surface area contributed by atoms with Crippen molar-refractivity contribution in [3.63, 3.8) is 0 Å². The second kappa shape index (κ2) is 6.39. The average Bonchev–Trinajstić information content (AvgIpc) is 2.83. The molecule has 1 heterocycles. The lowest BCUT2D eigenvalue weighted by molar-refractivity contribution is -0.135. The van der Waals surface area contributed by atoms with Gasteiger partial charge in [0.1, 0.15) is 0 Å². The number of hydrogen-bond acceptors (Lipinski definition) is 1. The van der Waals surface area contributed by atoms with E-state index in [4.69, 9.17) is 11.6 Å². The summed E-state index contributed by atoms with van der Waals surface area (Å²) in [5.41, 5.74) is 2.09. The molecule has 1 saturated heterocycles. The van der Waals surface area contributed by atoms with Crippen molar-refractivity contribution in [2.75, 3.05) is 6.54 Å². The fraction of sp³-hybridized carbons (Fsp3) is 0.611. The predicted octanol–water partition coefficient (Wildman–Crippen LogP) is 4.62. The minimum absolute atomic E-state index is 0.0133. The van der Waals surface area contributed by atoms with Crippen LogP contribution in [0.25, 0.3) is 0 Å². The van der Waals surface area contributed by atoms with Crippen molar-refractivity contribution in [2.45, 2.75) is 57.4 Å². The Morgan fingerprint density at radius 3 is 2.61 bits per heavy atom. The second-order valence-electron chi connectivity index (χ2n) is 6.90. The fourth-order valence-electron chi connectivity index (χ4n) is 3.73. The number of amides is 1. The molecule has 0 bridgehead atoms. The van der Waals surface area contributed by atoms with Gasteiger partial charge in [-0.2, -0.15) is 0 Å². The number of rotatable bonds is 3. The van der Waals surface area contributed by atoms with Gasteiger partial charge in [0.2, 0.25) is 11.8 Å². The molecule has 0 spiro atoms. The quantitative estimate of drug-likeness (QED) is 0.785. The van der Waals surface area contributed by atoms with Gasteiger partial charge in [0.05, 0.1) is 0 Å². The highest BCUT2D eigenvalue weighted by Crippen LogP contribution is 2.37. The molecule has 1 amide bonds. The van der Waals surface area contributed by atoms with Crippen LogP contribution in [0.5, 0.6) is 0 Å². The van der Waals surface area contributed by atoms with Gasteiger partial charge in [-0.25, -0.2) is 8.78 Å². The molecule has 5 heteroatoms. The van der Waals surface area contributed by atoms with E-state index < -0.39 is 5.92 Å². The molecule has 1 atom stereocenters. The average molecular weight is 342 g/mol. The van der Waals surface area contributed by atoms with Crippen LogP contribution in [0.1, 0.15) is 43.2 Å². The van der Waals surface area contributed by atoms with Crippen LogP contribution in [0, 0.1) is 12.8 Å². The zero-order valence-corrected chi connectivity index (χ0v) is 14.1. The lowest BCUT2D eigenvalue weighted by atomic mass is 9.91. The molecule has 1 saturated carbocycles. The highest BCUT2D eigenvalue weighted by Gasteiger charge is 2.41. The van der Waals surface area contributed by atoms with Crippen molar-refractivity contribution in [1.29, 1.82) is 0 Å². The van der Waals surface area contributed by atoms with Crippen LogP contribution in [-0.4, -0.2) is 29.3 Å². The minimum Gasteiger partial charge on any atom is -0.339 e. The van der Waals surface area contributed by atoms with E-state index in [2.05, 4.69) is 0 Å². The Morgan fingerprint density at radius 1 is 1.26 bits per heavy atom. The van der Waals surface area contributed by atoms with Crippen LogP contribution >= 0.6 is 11.6 Å². The van der Waals surface area contributed by atoms with Crippen molar-refractivity contribution >= 4 is 17.5 Å². The molecule has 1 aliphatic heterocycles. The Bertz CT molecular complexity index is 595. The van der Waals surface area contributed by atoms with E-state index in [1.165, 1.54) is 0 Å². The molecule has 1 aromatic rings. The number of likely N-dealkylation sites (tertiary alicyclic amines) is 1. The van der Waals surface area contributed by atoms with E-state index in [9.17, 15) is 13.6 Å². The first-order valence-corrected chi connectivity index (χ1v) is 8.67. The van der Waals surface area contributed by atoms with E-state index >= 15 is 0 Å². The molecule has 0 aromatic heterocycles. The van der Waals surface area contributed by atoms with Crippen LogP contribution in [-0.2, 0) is 11.2 Å². The lowest BCUT2D eigenvalue weighted by Gasteiger charge is -2.34. The van der Waals surface area contributed by atoms with Gasteiger partial charge in [-0.15, -0.1) is 0 Å². The number of alkyl halides is 2. The smallest absolute Gasteiger partial charge is 0.248 e. The summed E-state index contributed by atoms with van der Waals surface area (Å²) in [6.07, 6.45) is 2.05. The van der Waals surface area contributed by atoms with Crippen LogP contribution in [0.15, 0.2) is 18.2 Å². The normalized spacial score (nSPS) is 25.1. The molecular formula is C18H22ClF2NO.